The van der Waals surface area contributed by atoms with Crippen LogP contribution in [-0.4, -0.2) is 13.2 Å². The van der Waals surface area contributed by atoms with E-state index in [1.165, 1.54) is 42.5 Å². The summed E-state index contributed by atoms with van der Waals surface area (Å²) in [6.07, 6.45) is 0. The van der Waals surface area contributed by atoms with E-state index < -0.39 is 35.6 Å². The molecule has 0 unspecified atom stereocenters. The van der Waals surface area contributed by atoms with Crippen molar-refractivity contribution >= 4 is 10.8 Å². The fourth-order valence-corrected chi connectivity index (χ4v) is 3.58. The number of hydrogen-bond donors (Lipinski definition) is 0. The first-order valence-electron chi connectivity index (χ1n) is 9.87. The molecule has 8 heteroatoms. The standard InChI is InChI=1S/C25H16F6O2/c1-2-32-16-5-8-18(21(27)12-16)14-3-6-17(20(26)10-14)13-4-7-19-15(9-13)11-22(28)24(23(19)29)33-25(30)31/h3-12,25H,2H2,1H3. The van der Waals surface area contributed by atoms with Crippen molar-refractivity contribution in [3.8, 4) is 33.8 Å². The lowest BCUT2D eigenvalue weighted by atomic mass is 9.97. The predicted octanol–water partition coefficient (Wildman–Crippen LogP) is 7.73. The van der Waals surface area contributed by atoms with Gasteiger partial charge in [-0.1, -0.05) is 24.3 Å². The van der Waals surface area contributed by atoms with Gasteiger partial charge in [-0.3, -0.25) is 0 Å². The van der Waals surface area contributed by atoms with Crippen LogP contribution in [0.5, 0.6) is 11.5 Å². The summed E-state index contributed by atoms with van der Waals surface area (Å²) in [6, 6.07) is 13.1. The Morgan fingerprint density at radius 3 is 2.00 bits per heavy atom. The Kier molecular flexibility index (Phi) is 6.18. The summed E-state index contributed by atoms with van der Waals surface area (Å²) in [5, 5.41) is -0.130. The molecule has 0 aromatic heterocycles. The maximum atomic E-state index is 14.9. The Morgan fingerprint density at radius 1 is 0.727 bits per heavy atom. The summed E-state index contributed by atoms with van der Waals surface area (Å²) < 4.78 is 91.9. The highest BCUT2D eigenvalue weighted by atomic mass is 19.3. The first kappa shape index (κ1) is 22.5. The summed E-state index contributed by atoms with van der Waals surface area (Å²) >= 11 is 0. The van der Waals surface area contributed by atoms with E-state index in [1.54, 1.807) is 13.0 Å². The lowest BCUT2D eigenvalue weighted by Gasteiger charge is -2.12. The summed E-state index contributed by atoms with van der Waals surface area (Å²) in [4.78, 5) is 0. The van der Waals surface area contributed by atoms with Gasteiger partial charge in [-0.25, -0.2) is 17.6 Å². The van der Waals surface area contributed by atoms with E-state index >= 15 is 0 Å². The van der Waals surface area contributed by atoms with Crippen molar-refractivity contribution < 1.29 is 35.8 Å². The average Bonchev–Trinajstić information content (AvgIpc) is 2.76. The molecular weight excluding hydrogens is 446 g/mol. The van der Waals surface area contributed by atoms with Crippen molar-refractivity contribution in [2.75, 3.05) is 6.61 Å². The van der Waals surface area contributed by atoms with Gasteiger partial charge in [0.15, 0.2) is 17.4 Å². The minimum Gasteiger partial charge on any atom is -0.494 e. The number of hydrogen-bond acceptors (Lipinski definition) is 2. The van der Waals surface area contributed by atoms with Gasteiger partial charge >= 0.3 is 6.61 Å². The maximum absolute atomic E-state index is 14.9. The Morgan fingerprint density at radius 2 is 1.36 bits per heavy atom. The van der Waals surface area contributed by atoms with Crippen molar-refractivity contribution in [3.63, 3.8) is 0 Å². The lowest BCUT2D eigenvalue weighted by molar-refractivity contribution is -0.0544. The van der Waals surface area contributed by atoms with Crippen LogP contribution in [0.4, 0.5) is 26.3 Å². The molecule has 4 rings (SSSR count). The van der Waals surface area contributed by atoms with Crippen LogP contribution in [0.15, 0.2) is 60.7 Å². The molecule has 0 heterocycles. The minimum atomic E-state index is -3.39. The molecule has 0 fully saturated rings. The first-order valence-corrected chi connectivity index (χ1v) is 9.87. The maximum Gasteiger partial charge on any atom is 0.387 e. The van der Waals surface area contributed by atoms with E-state index in [0.29, 0.717) is 23.5 Å². The van der Waals surface area contributed by atoms with E-state index in [9.17, 15) is 26.3 Å². The number of ether oxygens (including phenoxy) is 2. The predicted molar refractivity (Wildman–Crippen MR) is 112 cm³/mol. The Labute approximate surface area is 185 Å². The summed E-state index contributed by atoms with van der Waals surface area (Å²) in [6.45, 7) is -1.24. The van der Waals surface area contributed by atoms with Crippen molar-refractivity contribution in [1.82, 2.24) is 0 Å². The van der Waals surface area contributed by atoms with E-state index in [-0.39, 0.29) is 21.9 Å². The molecule has 0 radical (unpaired) electrons. The Bertz CT molecular complexity index is 1340. The van der Waals surface area contributed by atoms with Gasteiger partial charge in [0.2, 0.25) is 0 Å². The monoisotopic (exact) mass is 462 g/mol. The van der Waals surface area contributed by atoms with E-state index in [2.05, 4.69) is 4.74 Å². The summed E-state index contributed by atoms with van der Waals surface area (Å²) in [7, 11) is 0. The van der Waals surface area contributed by atoms with Gasteiger partial charge in [0, 0.05) is 22.6 Å². The number of benzene rings is 4. The fraction of sp³-hybridized carbons (Fsp3) is 0.120. The zero-order valence-electron chi connectivity index (χ0n) is 17.1. The van der Waals surface area contributed by atoms with Gasteiger partial charge in [0.1, 0.15) is 17.4 Å². The third-order valence-electron chi connectivity index (χ3n) is 5.04. The zero-order chi connectivity index (χ0) is 23.7. The van der Waals surface area contributed by atoms with E-state index in [0.717, 1.165) is 12.1 Å². The number of fused-ring (bicyclic) bond motifs is 1. The molecule has 0 aliphatic carbocycles. The molecule has 0 atom stereocenters. The minimum absolute atomic E-state index is 0.0325. The van der Waals surface area contributed by atoms with E-state index in [1.807, 2.05) is 0 Å². The van der Waals surface area contributed by atoms with Crippen molar-refractivity contribution in [2.45, 2.75) is 13.5 Å². The Hall–Kier alpha value is -3.68. The molecule has 0 saturated carbocycles. The second kappa shape index (κ2) is 9.05. The molecule has 4 aromatic carbocycles. The molecule has 0 spiro atoms. The van der Waals surface area contributed by atoms with Gasteiger partial charge in [-0.15, -0.1) is 0 Å². The molecule has 0 saturated heterocycles. The number of halogens is 6. The molecule has 4 aromatic rings. The second-order valence-corrected chi connectivity index (χ2v) is 7.09. The van der Waals surface area contributed by atoms with Crippen LogP contribution in [0.25, 0.3) is 33.0 Å². The molecule has 0 aliphatic rings. The van der Waals surface area contributed by atoms with Crippen molar-refractivity contribution in [3.05, 3.63) is 83.9 Å². The van der Waals surface area contributed by atoms with Crippen LogP contribution in [-0.2, 0) is 0 Å². The third-order valence-corrected chi connectivity index (χ3v) is 5.04. The highest BCUT2D eigenvalue weighted by Gasteiger charge is 2.19. The highest BCUT2D eigenvalue weighted by Crippen LogP contribution is 2.35. The van der Waals surface area contributed by atoms with Crippen molar-refractivity contribution in [2.24, 2.45) is 0 Å². The number of alkyl halides is 2. The smallest absolute Gasteiger partial charge is 0.387 e. The molecule has 0 amide bonds. The van der Waals surface area contributed by atoms with Gasteiger partial charge < -0.3 is 9.47 Å². The SMILES string of the molecule is CCOc1ccc(-c2ccc(-c3ccc4c(F)c(OC(F)F)c(F)cc4c3)c(F)c2)c(F)c1. The molecule has 0 aliphatic heterocycles. The topological polar surface area (TPSA) is 18.5 Å². The molecule has 0 N–H and O–H groups in total. The zero-order valence-corrected chi connectivity index (χ0v) is 17.1. The van der Waals surface area contributed by atoms with Gasteiger partial charge in [-0.2, -0.15) is 8.78 Å². The molecule has 0 bridgehead atoms. The third kappa shape index (κ3) is 4.46. The quantitative estimate of drug-likeness (QED) is 0.273. The molecular formula is C25H16F6O2. The van der Waals surface area contributed by atoms with Crippen LogP contribution in [0, 0.1) is 23.3 Å². The van der Waals surface area contributed by atoms with Gasteiger partial charge in [-0.05, 0) is 53.8 Å². The average molecular weight is 462 g/mol. The number of rotatable bonds is 6. The van der Waals surface area contributed by atoms with Crippen LogP contribution in [0.1, 0.15) is 6.92 Å². The summed E-state index contributed by atoms with van der Waals surface area (Å²) in [5.41, 5.74) is 0.877. The first-order chi connectivity index (χ1) is 15.8. The molecule has 170 valence electrons. The molecule has 2 nitrogen and oxygen atoms in total. The van der Waals surface area contributed by atoms with Crippen LogP contribution >= 0.6 is 0 Å². The Balaban J connectivity index is 1.72. The lowest BCUT2D eigenvalue weighted by Crippen LogP contribution is -2.06. The van der Waals surface area contributed by atoms with Crippen LogP contribution in [0.3, 0.4) is 0 Å². The fourth-order valence-electron chi connectivity index (χ4n) is 3.58. The van der Waals surface area contributed by atoms with Gasteiger partial charge in [0.25, 0.3) is 0 Å². The summed E-state index contributed by atoms with van der Waals surface area (Å²) in [5.74, 6) is -4.67. The van der Waals surface area contributed by atoms with Gasteiger partial charge in [0.05, 0.1) is 6.61 Å². The van der Waals surface area contributed by atoms with Crippen LogP contribution in [0.2, 0.25) is 0 Å². The largest absolute Gasteiger partial charge is 0.494 e. The molecule has 33 heavy (non-hydrogen) atoms. The second-order valence-electron chi connectivity index (χ2n) is 7.09. The normalized spacial score (nSPS) is 11.3. The van der Waals surface area contributed by atoms with Crippen molar-refractivity contribution in [1.29, 1.82) is 0 Å². The van der Waals surface area contributed by atoms with Crippen LogP contribution < -0.4 is 9.47 Å². The highest BCUT2D eigenvalue weighted by molar-refractivity contribution is 5.89. The van der Waals surface area contributed by atoms with E-state index in [4.69, 9.17) is 4.74 Å².